The van der Waals surface area contributed by atoms with Gasteiger partial charge in [-0.15, -0.1) is 0 Å². The van der Waals surface area contributed by atoms with E-state index in [4.69, 9.17) is 44.3 Å². The van der Waals surface area contributed by atoms with E-state index in [1.54, 1.807) is 109 Å². The van der Waals surface area contributed by atoms with Crippen LogP contribution < -0.4 is 13.8 Å². The van der Waals surface area contributed by atoms with Gasteiger partial charge in [0, 0.05) is 26.5 Å². The maximum absolute atomic E-state index is 13.5. The van der Waals surface area contributed by atoms with Crippen LogP contribution in [0.25, 0.3) is 12.2 Å². The van der Waals surface area contributed by atoms with Gasteiger partial charge in [-0.1, -0.05) is 149 Å². The zero-order valence-electron chi connectivity index (χ0n) is 35.2. The Morgan fingerprint density at radius 2 is 0.953 bits per heavy atom. The van der Waals surface area contributed by atoms with Crippen LogP contribution in [0.15, 0.2) is 181 Å². The Morgan fingerprint density at radius 3 is 1.52 bits per heavy atom. The maximum atomic E-state index is 13.5. The van der Waals surface area contributed by atoms with Crippen molar-refractivity contribution in [3.63, 3.8) is 0 Å². The van der Waals surface area contributed by atoms with Crippen LogP contribution in [0.2, 0.25) is 15.1 Å². The van der Waals surface area contributed by atoms with E-state index in [1.807, 2.05) is 68.4 Å². The number of aryl methyl sites for hydroxylation is 2. The van der Waals surface area contributed by atoms with Crippen molar-refractivity contribution in [1.82, 2.24) is 0 Å². The average molecular weight is 951 g/mol. The minimum atomic E-state index is -3.88. The van der Waals surface area contributed by atoms with Gasteiger partial charge in [0.05, 0.1) is 23.4 Å². The fraction of sp³-hybridized carbons (Fsp3) is 0.115. The largest absolute Gasteiger partial charge is 0.489 e. The van der Waals surface area contributed by atoms with Crippen LogP contribution in [0.4, 0.5) is 5.69 Å². The Morgan fingerprint density at radius 1 is 0.484 bits per heavy atom. The molecule has 0 unspecified atom stereocenters. The lowest BCUT2D eigenvalue weighted by atomic mass is 10.1. The highest BCUT2D eigenvalue weighted by atomic mass is 35.5. The number of anilines is 1. The van der Waals surface area contributed by atoms with Crippen molar-refractivity contribution in [2.45, 2.75) is 39.4 Å². The lowest BCUT2D eigenvalue weighted by Gasteiger charge is -2.23. The Kier molecular flexibility index (Phi) is 16.9. The second-order valence-electron chi connectivity index (χ2n) is 14.9. The molecule has 0 N–H and O–H groups in total. The zero-order chi connectivity index (χ0) is 45.5. The Hall–Kier alpha value is -5.81. The number of sulfone groups is 1. The summed E-state index contributed by atoms with van der Waals surface area (Å²) in [4.78, 5) is 0. The summed E-state index contributed by atoms with van der Waals surface area (Å²) in [5.41, 5.74) is 7.77. The van der Waals surface area contributed by atoms with Crippen LogP contribution in [0.1, 0.15) is 44.5 Å². The third kappa shape index (κ3) is 15.5. The van der Waals surface area contributed by atoms with E-state index >= 15 is 0 Å². The molecule has 7 rings (SSSR count). The molecule has 0 heterocycles. The van der Waals surface area contributed by atoms with Crippen LogP contribution in [-0.2, 0) is 45.4 Å². The Bertz CT molecular complexity index is 2970. The molecule has 0 aliphatic carbocycles. The highest BCUT2D eigenvalue weighted by molar-refractivity contribution is 7.95. The highest BCUT2D eigenvalue weighted by Crippen LogP contribution is 2.28. The number of halogens is 3. The molecule has 0 aromatic heterocycles. The topological polar surface area (TPSA) is 90.0 Å². The van der Waals surface area contributed by atoms with Gasteiger partial charge in [-0.2, -0.15) is 0 Å². The van der Waals surface area contributed by atoms with Gasteiger partial charge < -0.3 is 9.47 Å². The van der Waals surface area contributed by atoms with Gasteiger partial charge in [0.15, 0.2) is 9.84 Å². The third-order valence-corrected chi connectivity index (χ3v) is 12.9. The number of benzene rings is 7. The first kappa shape index (κ1) is 47.7. The standard InChI is InChI=1S/C29H25Cl2NO3S.C23H21ClO3S/c1-22-6-2-9-25(16-22)21-35-29-13-5-12-28(19-29)32(20-24-8-4-11-27(31)18-24)36(33,34)15-14-23-7-3-10-26(30)17-23;1-18-5-2-7-20(13-18)16-27-23-10-4-8-21(15-23)17-28(25,26)12-11-19-6-3-9-22(24)14-19/h2-19H,20-21H2,1H3;2-15H,16-17H2,1H3/b15-14+;12-11+. The fourth-order valence-corrected chi connectivity index (χ4v) is 9.37. The average Bonchev–Trinajstić information content (AvgIpc) is 3.26. The van der Waals surface area contributed by atoms with Crippen molar-refractivity contribution in [3.8, 4) is 11.5 Å². The molecule has 0 aliphatic rings. The smallest absolute Gasteiger partial charge is 0.257 e. The third-order valence-electron chi connectivity index (χ3n) is 9.47. The molecule has 0 aliphatic heterocycles. The first-order valence-corrected chi connectivity index (χ1v) is 24.5. The summed E-state index contributed by atoms with van der Waals surface area (Å²) in [6.07, 6.45) is 3.09. The Balaban J connectivity index is 0.000000219. The van der Waals surface area contributed by atoms with Crippen LogP contribution in [-0.4, -0.2) is 16.8 Å². The molecule has 7 nitrogen and oxygen atoms in total. The van der Waals surface area contributed by atoms with Crippen molar-refractivity contribution in [1.29, 1.82) is 0 Å². The SMILES string of the molecule is Cc1cccc(COc2cccc(CS(=O)(=O)/C=C/c3cccc(Cl)c3)c2)c1.Cc1cccc(COc2cccc(N(Cc3cccc(Cl)c3)S(=O)(=O)/C=C/c3cccc(Cl)c3)c2)c1. The first-order valence-electron chi connectivity index (χ1n) is 20.1. The molecule has 7 aromatic rings. The molecule has 0 bridgehead atoms. The maximum Gasteiger partial charge on any atom is 0.257 e. The summed E-state index contributed by atoms with van der Waals surface area (Å²) in [7, 11) is -7.29. The number of hydrogen-bond donors (Lipinski definition) is 0. The molecule has 0 amide bonds. The molecular formula is C52H46Cl3NO6S2. The molecular weight excluding hydrogens is 905 g/mol. The van der Waals surface area contributed by atoms with Gasteiger partial charge in [0.1, 0.15) is 24.7 Å². The summed E-state index contributed by atoms with van der Waals surface area (Å²) in [6.45, 7) is 4.98. The van der Waals surface area contributed by atoms with Crippen LogP contribution in [0.5, 0.6) is 11.5 Å². The summed E-state index contributed by atoms with van der Waals surface area (Å²) >= 11 is 18.1. The van der Waals surface area contributed by atoms with Gasteiger partial charge in [0.25, 0.3) is 10.0 Å². The minimum Gasteiger partial charge on any atom is -0.489 e. The molecule has 0 saturated carbocycles. The Labute approximate surface area is 391 Å². The monoisotopic (exact) mass is 949 g/mol. The highest BCUT2D eigenvalue weighted by Gasteiger charge is 2.21. The number of hydrogen-bond acceptors (Lipinski definition) is 6. The van der Waals surface area contributed by atoms with Gasteiger partial charge in [-0.25, -0.2) is 16.8 Å². The van der Waals surface area contributed by atoms with Crippen molar-refractivity contribution in [2.75, 3.05) is 4.31 Å². The molecule has 0 spiro atoms. The van der Waals surface area contributed by atoms with Crippen molar-refractivity contribution >= 4 is 72.5 Å². The molecule has 12 heteroatoms. The molecule has 0 saturated heterocycles. The second kappa shape index (κ2) is 22.7. The van der Waals surface area contributed by atoms with E-state index in [0.717, 1.165) is 27.8 Å². The van der Waals surface area contributed by atoms with Crippen LogP contribution in [0.3, 0.4) is 0 Å². The number of rotatable bonds is 16. The van der Waals surface area contributed by atoms with E-state index in [1.165, 1.54) is 26.8 Å². The molecule has 328 valence electrons. The molecule has 0 radical (unpaired) electrons. The molecule has 7 aromatic carbocycles. The van der Waals surface area contributed by atoms with E-state index in [0.29, 0.717) is 56.6 Å². The van der Waals surface area contributed by atoms with Crippen LogP contribution >= 0.6 is 34.8 Å². The van der Waals surface area contributed by atoms with Crippen molar-refractivity contribution in [2.24, 2.45) is 0 Å². The predicted molar refractivity (Wildman–Crippen MR) is 264 cm³/mol. The summed E-state index contributed by atoms with van der Waals surface area (Å²) in [5.74, 6) is 1.12. The predicted octanol–water partition coefficient (Wildman–Crippen LogP) is 13.7. The normalized spacial score (nSPS) is 11.6. The van der Waals surface area contributed by atoms with Crippen molar-refractivity contribution in [3.05, 3.63) is 240 Å². The van der Waals surface area contributed by atoms with Crippen LogP contribution in [0, 0.1) is 13.8 Å². The van der Waals surface area contributed by atoms with Gasteiger partial charge >= 0.3 is 0 Å². The summed E-state index contributed by atoms with van der Waals surface area (Å²) < 4.78 is 65.1. The lowest BCUT2D eigenvalue weighted by molar-refractivity contribution is 0.306. The fourth-order valence-electron chi connectivity index (χ4n) is 6.44. The number of sulfonamides is 1. The first-order chi connectivity index (χ1) is 30.7. The summed E-state index contributed by atoms with van der Waals surface area (Å²) in [5, 5.41) is 4.04. The molecule has 0 fully saturated rings. The van der Waals surface area contributed by atoms with Gasteiger partial charge in [-0.05, 0) is 120 Å². The van der Waals surface area contributed by atoms with E-state index in [-0.39, 0.29) is 12.3 Å². The van der Waals surface area contributed by atoms with E-state index in [9.17, 15) is 16.8 Å². The van der Waals surface area contributed by atoms with E-state index < -0.39 is 19.9 Å². The number of ether oxygens (including phenoxy) is 2. The summed E-state index contributed by atoms with van der Waals surface area (Å²) in [6, 6.07) is 51.6. The zero-order valence-corrected chi connectivity index (χ0v) is 39.1. The molecule has 0 atom stereocenters. The van der Waals surface area contributed by atoms with Gasteiger partial charge in [-0.3, -0.25) is 4.31 Å². The minimum absolute atomic E-state index is 0.0916. The number of nitrogens with zero attached hydrogens (tertiary/aromatic N) is 1. The quantitative estimate of drug-likeness (QED) is 0.0958. The van der Waals surface area contributed by atoms with Gasteiger partial charge in [0.2, 0.25) is 0 Å². The van der Waals surface area contributed by atoms with E-state index in [2.05, 4.69) is 12.1 Å². The second-order valence-corrected chi connectivity index (χ2v) is 19.8. The molecule has 64 heavy (non-hydrogen) atoms. The van der Waals surface area contributed by atoms with Crippen molar-refractivity contribution < 1.29 is 26.3 Å². The lowest BCUT2D eigenvalue weighted by Crippen LogP contribution is -2.28.